The first-order valence-corrected chi connectivity index (χ1v) is 7.73. The smallest absolute Gasteiger partial charge is 0.338 e. The summed E-state index contributed by atoms with van der Waals surface area (Å²) in [5.74, 6) is -1.88. The molecule has 0 bridgehead atoms. The normalized spacial score (nSPS) is 18.9. The molecule has 2 aromatic rings. The van der Waals surface area contributed by atoms with Crippen LogP contribution in [0.1, 0.15) is 28.9 Å². The molecule has 9 heteroatoms. The van der Waals surface area contributed by atoms with Gasteiger partial charge in [-0.25, -0.2) is 0 Å². The number of hydrogen-bond donors (Lipinski definition) is 0. The van der Waals surface area contributed by atoms with E-state index >= 15 is 0 Å². The number of carbonyl (C=O) groups is 1. The zero-order chi connectivity index (χ0) is 16.4. The number of amides is 1. The first-order valence-electron chi connectivity index (χ1n) is 6.85. The van der Waals surface area contributed by atoms with E-state index in [2.05, 4.69) is 14.7 Å². The predicted octanol–water partition coefficient (Wildman–Crippen LogP) is 3.18. The van der Waals surface area contributed by atoms with Crippen molar-refractivity contribution in [2.45, 2.75) is 18.5 Å². The van der Waals surface area contributed by atoms with Gasteiger partial charge in [-0.15, -0.1) is 11.3 Å². The van der Waals surface area contributed by atoms with Gasteiger partial charge in [-0.05, 0) is 23.9 Å². The Morgan fingerprint density at radius 1 is 1.48 bits per heavy atom. The molecule has 0 radical (unpaired) electrons. The highest BCUT2D eigenvalue weighted by Gasteiger charge is 2.40. The zero-order valence-corrected chi connectivity index (χ0v) is 12.6. The van der Waals surface area contributed by atoms with Crippen molar-refractivity contribution in [2.75, 3.05) is 13.1 Å². The molecule has 1 saturated heterocycles. The molecule has 0 spiro atoms. The molecule has 1 aliphatic rings. The Bertz CT molecular complexity index is 709. The molecule has 3 rings (SSSR count). The van der Waals surface area contributed by atoms with E-state index in [0.717, 1.165) is 4.88 Å². The number of nitrogens with zero attached hydrogens (tertiary/aromatic N) is 3. The third-order valence-corrected chi connectivity index (χ3v) is 4.32. The number of likely N-dealkylation sites (tertiary alicyclic amines) is 1. The van der Waals surface area contributed by atoms with Crippen LogP contribution in [0, 0.1) is 0 Å². The van der Waals surface area contributed by atoms with Crippen LogP contribution in [-0.4, -0.2) is 34.0 Å². The highest BCUT2D eigenvalue weighted by molar-refractivity contribution is 7.10. The summed E-state index contributed by atoms with van der Waals surface area (Å²) >= 11 is 1.51. The molecule has 1 unspecified atom stereocenters. The zero-order valence-electron chi connectivity index (χ0n) is 11.8. The van der Waals surface area contributed by atoms with Crippen molar-refractivity contribution in [1.29, 1.82) is 0 Å². The molecule has 1 atom stereocenters. The van der Waals surface area contributed by atoms with Gasteiger partial charge in [0, 0.05) is 30.0 Å². The Morgan fingerprint density at radius 2 is 2.30 bits per heavy atom. The Morgan fingerprint density at radius 3 is 2.96 bits per heavy atom. The Labute approximate surface area is 133 Å². The Balaban J connectivity index is 1.62. The lowest BCUT2D eigenvalue weighted by Crippen LogP contribution is -2.26. The summed E-state index contributed by atoms with van der Waals surface area (Å²) < 4.78 is 41.6. The van der Waals surface area contributed by atoms with Crippen molar-refractivity contribution in [3.8, 4) is 0 Å². The molecule has 2 aromatic heterocycles. The average molecular weight is 343 g/mol. The van der Waals surface area contributed by atoms with E-state index in [9.17, 15) is 18.0 Å². The summed E-state index contributed by atoms with van der Waals surface area (Å²) in [7, 11) is 0. The Kier molecular flexibility index (Phi) is 4.20. The predicted molar refractivity (Wildman–Crippen MR) is 76.6 cm³/mol. The second kappa shape index (κ2) is 6.15. The second-order valence-electron chi connectivity index (χ2n) is 5.07. The first kappa shape index (κ1) is 15.7. The topological polar surface area (TPSA) is 59.2 Å². The van der Waals surface area contributed by atoms with Crippen molar-refractivity contribution >= 4 is 23.3 Å². The van der Waals surface area contributed by atoms with Crippen molar-refractivity contribution in [2.24, 2.45) is 0 Å². The first-order chi connectivity index (χ1) is 10.9. The molecular formula is C14H12F3N3O2S. The summed E-state index contributed by atoms with van der Waals surface area (Å²) in [6.45, 7) is 0.735. The molecule has 5 nitrogen and oxygen atoms in total. The maximum Gasteiger partial charge on any atom is 0.471 e. The van der Waals surface area contributed by atoms with Crippen molar-refractivity contribution in [1.82, 2.24) is 15.0 Å². The van der Waals surface area contributed by atoms with Crippen molar-refractivity contribution in [3.63, 3.8) is 0 Å². The minimum Gasteiger partial charge on any atom is -0.338 e. The third kappa shape index (κ3) is 3.61. The fourth-order valence-electron chi connectivity index (χ4n) is 2.33. The van der Waals surface area contributed by atoms with Crippen LogP contribution in [0.4, 0.5) is 13.2 Å². The fraction of sp³-hybridized carbons (Fsp3) is 0.357. The van der Waals surface area contributed by atoms with Gasteiger partial charge in [-0.1, -0.05) is 11.2 Å². The summed E-state index contributed by atoms with van der Waals surface area (Å²) in [5, 5.41) is 5.29. The molecule has 3 heterocycles. The van der Waals surface area contributed by atoms with Gasteiger partial charge < -0.3 is 9.42 Å². The molecule has 1 amide bonds. The molecule has 1 fully saturated rings. The van der Waals surface area contributed by atoms with Crippen LogP contribution in [0.2, 0.25) is 0 Å². The lowest BCUT2D eigenvalue weighted by Gasteiger charge is -2.12. The molecule has 0 N–H and O–H groups in total. The van der Waals surface area contributed by atoms with E-state index in [1.807, 2.05) is 17.5 Å². The van der Waals surface area contributed by atoms with E-state index in [-0.39, 0.29) is 24.2 Å². The van der Waals surface area contributed by atoms with Gasteiger partial charge in [-0.3, -0.25) is 4.79 Å². The number of carbonyl (C=O) groups excluding carboxylic acids is 1. The summed E-state index contributed by atoms with van der Waals surface area (Å²) in [4.78, 5) is 18.0. The number of aromatic nitrogens is 2. The van der Waals surface area contributed by atoms with Crippen LogP contribution in [0.5, 0.6) is 0 Å². The Hall–Kier alpha value is -2.16. The molecule has 122 valence electrons. The third-order valence-electron chi connectivity index (χ3n) is 3.48. The van der Waals surface area contributed by atoms with Gasteiger partial charge in [0.05, 0.1) is 0 Å². The summed E-state index contributed by atoms with van der Waals surface area (Å²) in [6, 6.07) is 3.77. The quantitative estimate of drug-likeness (QED) is 0.803. The van der Waals surface area contributed by atoms with Gasteiger partial charge in [0.25, 0.3) is 0 Å². The largest absolute Gasteiger partial charge is 0.471 e. The van der Waals surface area contributed by atoms with E-state index in [0.29, 0.717) is 13.0 Å². The van der Waals surface area contributed by atoms with Crippen LogP contribution in [0.15, 0.2) is 28.1 Å². The molecule has 0 aliphatic carbocycles. The number of alkyl halides is 3. The lowest BCUT2D eigenvalue weighted by molar-refractivity contribution is -0.159. The number of hydrogen-bond acceptors (Lipinski definition) is 5. The number of halogens is 3. The second-order valence-corrected chi connectivity index (χ2v) is 6.05. The van der Waals surface area contributed by atoms with Gasteiger partial charge in [0.2, 0.25) is 5.91 Å². The molecular weight excluding hydrogens is 331 g/mol. The van der Waals surface area contributed by atoms with Crippen molar-refractivity contribution < 1.29 is 22.5 Å². The maximum absolute atomic E-state index is 12.5. The summed E-state index contributed by atoms with van der Waals surface area (Å²) in [5.41, 5.74) is 0. The summed E-state index contributed by atoms with van der Waals surface area (Å²) in [6.07, 6.45) is -0.958. The van der Waals surface area contributed by atoms with Crippen LogP contribution in [-0.2, 0) is 11.0 Å². The lowest BCUT2D eigenvalue weighted by atomic mass is 10.1. The molecule has 0 saturated carbocycles. The van der Waals surface area contributed by atoms with Crippen LogP contribution in [0.3, 0.4) is 0 Å². The van der Waals surface area contributed by atoms with Gasteiger partial charge >= 0.3 is 12.1 Å². The fourth-order valence-corrected chi connectivity index (χ4v) is 2.95. The highest BCUT2D eigenvalue weighted by atomic mass is 32.1. The van der Waals surface area contributed by atoms with E-state index in [1.54, 1.807) is 11.0 Å². The minimum absolute atomic E-state index is 0.00476. The van der Waals surface area contributed by atoms with Crippen LogP contribution >= 0.6 is 11.3 Å². The number of thiophene rings is 1. The molecule has 23 heavy (non-hydrogen) atoms. The van der Waals surface area contributed by atoms with E-state index < -0.39 is 12.1 Å². The maximum atomic E-state index is 12.5. The van der Waals surface area contributed by atoms with Crippen LogP contribution in [0.25, 0.3) is 6.08 Å². The van der Waals surface area contributed by atoms with E-state index in [4.69, 9.17) is 0 Å². The van der Waals surface area contributed by atoms with Crippen LogP contribution < -0.4 is 0 Å². The SMILES string of the molecule is O=C(/C=C/c1cccs1)N1CCC(c2noc(C(F)(F)F)n2)C1. The average Bonchev–Trinajstić information content (AvgIpc) is 3.22. The van der Waals surface area contributed by atoms with E-state index in [1.165, 1.54) is 17.4 Å². The van der Waals surface area contributed by atoms with Gasteiger partial charge in [-0.2, -0.15) is 18.2 Å². The van der Waals surface area contributed by atoms with Gasteiger partial charge in [0.1, 0.15) is 0 Å². The molecule has 0 aromatic carbocycles. The molecule has 1 aliphatic heterocycles. The number of rotatable bonds is 3. The van der Waals surface area contributed by atoms with Crippen molar-refractivity contribution in [3.05, 3.63) is 40.2 Å². The highest BCUT2D eigenvalue weighted by Crippen LogP contribution is 2.31. The minimum atomic E-state index is -4.65. The monoisotopic (exact) mass is 343 g/mol. The standard InChI is InChI=1S/C14H12F3N3O2S/c15-14(16,17)13-18-12(19-22-13)9-5-6-20(8-9)11(21)4-3-10-2-1-7-23-10/h1-4,7,9H,5-6,8H2/b4-3+. The van der Waals surface area contributed by atoms with Gasteiger partial charge in [0.15, 0.2) is 5.82 Å².